The van der Waals surface area contributed by atoms with E-state index in [2.05, 4.69) is 20.6 Å². The summed E-state index contributed by atoms with van der Waals surface area (Å²) in [4.78, 5) is 13.9. The number of amides is 1. The zero-order valence-corrected chi connectivity index (χ0v) is 11.7. The Morgan fingerprint density at radius 1 is 1.35 bits per heavy atom. The smallest absolute Gasteiger partial charge is 0.287 e. The lowest BCUT2D eigenvalue weighted by atomic mass is 10.3. The first-order valence-corrected chi connectivity index (χ1v) is 7.38. The van der Waals surface area contributed by atoms with E-state index < -0.39 is 5.91 Å². The van der Waals surface area contributed by atoms with Crippen LogP contribution in [0.2, 0.25) is 0 Å². The van der Waals surface area contributed by atoms with Crippen molar-refractivity contribution >= 4 is 5.91 Å². The van der Waals surface area contributed by atoms with Crippen LogP contribution in [0.5, 0.6) is 0 Å². The monoisotopic (exact) mass is 278 g/mol. The van der Waals surface area contributed by atoms with Gasteiger partial charge in [-0.1, -0.05) is 5.21 Å². The summed E-state index contributed by atoms with van der Waals surface area (Å²) in [6.07, 6.45) is 7.17. The molecule has 2 saturated carbocycles. The van der Waals surface area contributed by atoms with E-state index in [0.717, 1.165) is 24.9 Å². The average Bonchev–Trinajstić information content (AvgIpc) is 3.38. The second-order valence-electron chi connectivity index (χ2n) is 5.99. The first kappa shape index (κ1) is 13.5. The Labute approximate surface area is 118 Å². The molecule has 1 heterocycles. The predicted molar refractivity (Wildman–Crippen MR) is 73.6 cm³/mol. The van der Waals surface area contributed by atoms with E-state index in [0.29, 0.717) is 0 Å². The van der Waals surface area contributed by atoms with Crippen LogP contribution in [0.3, 0.4) is 0 Å². The molecule has 0 unspecified atom stereocenters. The molecule has 110 valence electrons. The molecule has 2 fully saturated rings. The number of aromatic nitrogens is 3. The summed E-state index contributed by atoms with van der Waals surface area (Å²) in [5.74, 6) is 6.49. The third kappa shape index (κ3) is 3.77. The van der Waals surface area contributed by atoms with Gasteiger partial charge in [-0.3, -0.25) is 14.9 Å². The molecule has 7 heteroatoms. The summed E-state index contributed by atoms with van der Waals surface area (Å²) in [7, 11) is 0. The average molecular weight is 278 g/mol. The second kappa shape index (κ2) is 5.88. The minimum absolute atomic E-state index is 0.267. The lowest BCUT2D eigenvalue weighted by Crippen LogP contribution is -2.32. The minimum atomic E-state index is -0.399. The highest BCUT2D eigenvalue weighted by Crippen LogP contribution is 2.33. The van der Waals surface area contributed by atoms with Crippen molar-refractivity contribution in [3.63, 3.8) is 0 Å². The van der Waals surface area contributed by atoms with Crippen molar-refractivity contribution < 1.29 is 4.79 Å². The molecule has 7 nitrogen and oxygen atoms in total. The van der Waals surface area contributed by atoms with Crippen molar-refractivity contribution in [2.24, 2.45) is 17.7 Å². The van der Waals surface area contributed by atoms with E-state index in [1.165, 1.54) is 38.8 Å². The molecule has 2 aliphatic carbocycles. The number of hydrogen-bond donors (Lipinski definition) is 2. The van der Waals surface area contributed by atoms with E-state index in [9.17, 15) is 4.79 Å². The number of hydrogen-bond acceptors (Lipinski definition) is 5. The van der Waals surface area contributed by atoms with Gasteiger partial charge in [-0.2, -0.15) is 0 Å². The molecule has 0 aliphatic heterocycles. The van der Waals surface area contributed by atoms with Crippen molar-refractivity contribution in [1.82, 2.24) is 25.3 Å². The molecule has 3 N–H and O–H groups in total. The van der Waals surface area contributed by atoms with Crippen molar-refractivity contribution in [2.45, 2.75) is 32.2 Å². The van der Waals surface area contributed by atoms with Gasteiger partial charge in [-0.05, 0) is 37.5 Å². The fourth-order valence-corrected chi connectivity index (χ4v) is 2.42. The molecular formula is C13H22N6O. The Kier molecular flexibility index (Phi) is 3.98. The number of nitrogen functional groups attached to an aromatic ring is 1. The van der Waals surface area contributed by atoms with E-state index in [1.807, 2.05) is 0 Å². The maximum absolute atomic E-state index is 11.3. The lowest BCUT2D eigenvalue weighted by Gasteiger charge is -2.21. The van der Waals surface area contributed by atoms with Crippen LogP contribution >= 0.6 is 0 Å². The van der Waals surface area contributed by atoms with Crippen LogP contribution in [0.1, 0.15) is 36.2 Å². The van der Waals surface area contributed by atoms with Gasteiger partial charge >= 0.3 is 0 Å². The normalized spacial score (nSPS) is 18.5. The van der Waals surface area contributed by atoms with Gasteiger partial charge in [0.2, 0.25) is 0 Å². The Balaban J connectivity index is 1.50. The van der Waals surface area contributed by atoms with Gasteiger partial charge < -0.3 is 4.90 Å². The minimum Gasteiger partial charge on any atom is -0.301 e. The number of nitrogens with two attached hydrogens (primary N) is 1. The molecule has 3 rings (SSSR count). The Morgan fingerprint density at radius 3 is 2.55 bits per heavy atom. The summed E-state index contributed by atoms with van der Waals surface area (Å²) >= 11 is 0. The van der Waals surface area contributed by atoms with Gasteiger partial charge in [-0.15, -0.1) is 5.10 Å². The van der Waals surface area contributed by atoms with Gasteiger partial charge in [0.25, 0.3) is 5.91 Å². The Bertz CT molecular complexity index is 451. The molecule has 1 aromatic rings. The summed E-state index contributed by atoms with van der Waals surface area (Å²) in [5.41, 5.74) is 2.33. The van der Waals surface area contributed by atoms with Gasteiger partial charge in [0, 0.05) is 19.6 Å². The number of carbonyl (C=O) groups excluding carboxylic acids is 1. The van der Waals surface area contributed by atoms with Crippen LogP contribution in [-0.2, 0) is 6.54 Å². The van der Waals surface area contributed by atoms with Crippen LogP contribution in [-0.4, -0.2) is 45.4 Å². The SMILES string of the molecule is NNC(=O)c1cn(CCN(CC2CC2)CC2CC2)nn1. The third-order valence-corrected chi connectivity index (χ3v) is 3.97. The number of nitrogens with one attached hydrogen (secondary N) is 1. The maximum atomic E-state index is 11.3. The lowest BCUT2D eigenvalue weighted by molar-refractivity contribution is 0.0948. The largest absolute Gasteiger partial charge is 0.301 e. The molecule has 0 atom stereocenters. The molecule has 1 aromatic heterocycles. The van der Waals surface area contributed by atoms with Crippen LogP contribution in [0.25, 0.3) is 0 Å². The highest BCUT2D eigenvalue weighted by atomic mass is 16.2. The van der Waals surface area contributed by atoms with Crippen molar-refractivity contribution in [1.29, 1.82) is 0 Å². The predicted octanol–water partition coefficient (Wildman–Crippen LogP) is 0.00360. The molecular weight excluding hydrogens is 256 g/mol. The van der Waals surface area contributed by atoms with Crippen LogP contribution in [0.4, 0.5) is 0 Å². The maximum Gasteiger partial charge on any atom is 0.287 e. The standard InChI is InChI=1S/C13H22N6O/c14-15-13(20)12-9-19(17-16-12)6-5-18(7-10-1-2-10)8-11-3-4-11/h9-11H,1-8,14H2,(H,15,20). The third-order valence-electron chi connectivity index (χ3n) is 3.97. The van der Waals surface area contributed by atoms with E-state index >= 15 is 0 Å². The molecule has 0 bridgehead atoms. The van der Waals surface area contributed by atoms with E-state index in [4.69, 9.17) is 5.84 Å². The van der Waals surface area contributed by atoms with Gasteiger partial charge in [0.05, 0.1) is 12.7 Å². The van der Waals surface area contributed by atoms with Crippen LogP contribution in [0, 0.1) is 11.8 Å². The summed E-state index contributed by atoms with van der Waals surface area (Å²) in [6, 6.07) is 0. The topological polar surface area (TPSA) is 89.1 Å². The zero-order valence-electron chi connectivity index (χ0n) is 11.7. The molecule has 0 radical (unpaired) electrons. The number of rotatable bonds is 8. The molecule has 0 spiro atoms. The van der Waals surface area contributed by atoms with Crippen molar-refractivity contribution in [3.8, 4) is 0 Å². The number of carbonyl (C=O) groups is 1. The number of nitrogens with zero attached hydrogens (tertiary/aromatic N) is 4. The second-order valence-corrected chi connectivity index (χ2v) is 5.99. The van der Waals surface area contributed by atoms with E-state index in [1.54, 1.807) is 10.9 Å². The summed E-state index contributed by atoms with van der Waals surface area (Å²) < 4.78 is 1.72. The quantitative estimate of drug-likeness (QED) is 0.397. The molecule has 0 saturated heterocycles. The Hall–Kier alpha value is -1.47. The van der Waals surface area contributed by atoms with Gasteiger partial charge in [-0.25, -0.2) is 5.84 Å². The molecule has 1 amide bonds. The summed E-state index contributed by atoms with van der Waals surface area (Å²) in [6.45, 7) is 4.16. The zero-order chi connectivity index (χ0) is 13.9. The fourth-order valence-electron chi connectivity index (χ4n) is 2.42. The van der Waals surface area contributed by atoms with Gasteiger partial charge in [0.1, 0.15) is 0 Å². The van der Waals surface area contributed by atoms with Gasteiger partial charge in [0.15, 0.2) is 5.69 Å². The van der Waals surface area contributed by atoms with E-state index in [-0.39, 0.29) is 5.69 Å². The van der Waals surface area contributed by atoms with Crippen molar-refractivity contribution in [3.05, 3.63) is 11.9 Å². The summed E-state index contributed by atoms with van der Waals surface area (Å²) in [5, 5.41) is 7.78. The Morgan fingerprint density at radius 2 is 2.00 bits per heavy atom. The first-order valence-electron chi connectivity index (χ1n) is 7.38. The van der Waals surface area contributed by atoms with Crippen LogP contribution in [0.15, 0.2) is 6.20 Å². The first-order chi connectivity index (χ1) is 9.74. The highest BCUT2D eigenvalue weighted by molar-refractivity contribution is 5.91. The number of hydrazine groups is 1. The molecule has 2 aliphatic rings. The fraction of sp³-hybridized carbons (Fsp3) is 0.769. The molecule has 0 aromatic carbocycles. The highest BCUT2D eigenvalue weighted by Gasteiger charge is 2.28. The molecule has 20 heavy (non-hydrogen) atoms. The van der Waals surface area contributed by atoms with Crippen molar-refractivity contribution in [2.75, 3.05) is 19.6 Å². The van der Waals surface area contributed by atoms with Crippen LogP contribution < -0.4 is 11.3 Å².